The Bertz CT molecular complexity index is 345. The first kappa shape index (κ1) is 11.1. The molecule has 4 nitrogen and oxygen atoms in total. The maximum atomic E-state index is 12.1. The molecular weight excluding hydrogens is 204 g/mol. The Morgan fingerprint density at radius 1 is 1.12 bits per heavy atom. The number of carbonyl (C=O) groups excluding carboxylic acids is 1. The number of rotatable bonds is 2. The molecule has 0 bridgehead atoms. The zero-order valence-corrected chi connectivity index (χ0v) is 9.43. The van der Waals surface area contributed by atoms with Crippen molar-refractivity contribution in [1.29, 1.82) is 0 Å². The molecule has 16 heavy (non-hydrogen) atoms. The lowest BCUT2D eigenvalue weighted by Crippen LogP contribution is -2.48. The monoisotopic (exact) mass is 220 g/mol. The Morgan fingerprint density at radius 3 is 2.31 bits per heavy atom. The van der Waals surface area contributed by atoms with Crippen LogP contribution in [0.4, 0.5) is 0 Å². The van der Waals surface area contributed by atoms with E-state index < -0.39 is 0 Å². The number of nitrogens with zero attached hydrogens (tertiary/aromatic N) is 2. The van der Waals surface area contributed by atoms with Crippen molar-refractivity contribution in [2.45, 2.75) is 0 Å². The molecule has 0 radical (unpaired) electrons. The molecule has 1 aromatic carbocycles. The first-order valence-corrected chi connectivity index (χ1v) is 5.44. The SMILES string of the molecule is CON1CCN(C(=O)c2ccccc2)CC1. The predicted octanol–water partition coefficient (Wildman–Crippen LogP) is 1.01. The van der Waals surface area contributed by atoms with Gasteiger partial charge >= 0.3 is 0 Å². The van der Waals surface area contributed by atoms with E-state index in [9.17, 15) is 4.79 Å². The van der Waals surface area contributed by atoms with E-state index in [2.05, 4.69) is 0 Å². The van der Waals surface area contributed by atoms with Crippen LogP contribution in [0.25, 0.3) is 0 Å². The van der Waals surface area contributed by atoms with E-state index in [4.69, 9.17) is 4.84 Å². The topological polar surface area (TPSA) is 32.8 Å². The third kappa shape index (κ3) is 2.40. The normalized spacial score (nSPS) is 17.4. The van der Waals surface area contributed by atoms with Gasteiger partial charge in [-0.3, -0.25) is 4.79 Å². The minimum atomic E-state index is 0.108. The lowest BCUT2D eigenvalue weighted by molar-refractivity contribution is -0.147. The highest BCUT2D eigenvalue weighted by Crippen LogP contribution is 2.08. The minimum absolute atomic E-state index is 0.108. The Kier molecular flexibility index (Phi) is 3.54. The van der Waals surface area contributed by atoms with Gasteiger partial charge in [-0.25, -0.2) is 0 Å². The highest BCUT2D eigenvalue weighted by Gasteiger charge is 2.21. The average molecular weight is 220 g/mol. The van der Waals surface area contributed by atoms with Crippen molar-refractivity contribution in [3.8, 4) is 0 Å². The molecule has 0 aliphatic carbocycles. The first-order chi connectivity index (χ1) is 7.81. The van der Waals surface area contributed by atoms with Crippen molar-refractivity contribution >= 4 is 5.91 Å². The van der Waals surface area contributed by atoms with E-state index in [-0.39, 0.29) is 5.91 Å². The lowest BCUT2D eigenvalue weighted by atomic mass is 10.2. The molecule has 1 saturated heterocycles. The van der Waals surface area contributed by atoms with Crippen LogP contribution in [-0.4, -0.2) is 49.2 Å². The predicted molar refractivity (Wildman–Crippen MR) is 60.9 cm³/mol. The molecule has 0 N–H and O–H groups in total. The van der Waals surface area contributed by atoms with Gasteiger partial charge in [0.15, 0.2) is 0 Å². The number of hydroxylamine groups is 2. The summed E-state index contributed by atoms with van der Waals surface area (Å²) in [5, 5.41) is 1.87. The zero-order valence-electron chi connectivity index (χ0n) is 9.43. The minimum Gasteiger partial charge on any atom is -0.336 e. The molecule has 86 valence electrons. The molecule has 1 aromatic rings. The Labute approximate surface area is 95.4 Å². The first-order valence-electron chi connectivity index (χ1n) is 5.44. The second-order valence-electron chi connectivity index (χ2n) is 3.77. The van der Waals surface area contributed by atoms with Gasteiger partial charge in [0.2, 0.25) is 0 Å². The summed E-state index contributed by atoms with van der Waals surface area (Å²) in [7, 11) is 1.66. The molecule has 1 aliphatic rings. The number of amides is 1. The van der Waals surface area contributed by atoms with Gasteiger partial charge in [-0.15, -0.1) is 0 Å². The summed E-state index contributed by atoms with van der Waals surface area (Å²) >= 11 is 0. The maximum absolute atomic E-state index is 12.1. The second-order valence-corrected chi connectivity index (χ2v) is 3.77. The molecular formula is C12H16N2O2. The molecule has 1 aliphatic heterocycles. The standard InChI is InChI=1S/C12H16N2O2/c1-16-14-9-7-13(8-10-14)12(15)11-5-3-2-4-6-11/h2-6H,7-10H2,1H3. The van der Waals surface area contributed by atoms with Crippen molar-refractivity contribution in [3.05, 3.63) is 35.9 Å². The van der Waals surface area contributed by atoms with Crippen LogP contribution in [-0.2, 0) is 4.84 Å². The van der Waals surface area contributed by atoms with Crippen molar-refractivity contribution in [1.82, 2.24) is 9.96 Å². The summed E-state index contributed by atoms with van der Waals surface area (Å²) < 4.78 is 0. The van der Waals surface area contributed by atoms with Crippen molar-refractivity contribution in [2.24, 2.45) is 0 Å². The second kappa shape index (κ2) is 5.09. The quantitative estimate of drug-likeness (QED) is 0.745. The Morgan fingerprint density at radius 2 is 1.75 bits per heavy atom. The van der Waals surface area contributed by atoms with Gasteiger partial charge in [-0.1, -0.05) is 18.2 Å². The van der Waals surface area contributed by atoms with Gasteiger partial charge in [0.05, 0.1) is 7.11 Å². The van der Waals surface area contributed by atoms with Gasteiger partial charge in [-0.2, -0.15) is 5.06 Å². The van der Waals surface area contributed by atoms with Crippen LogP contribution in [0.5, 0.6) is 0 Å². The summed E-state index contributed by atoms with van der Waals surface area (Å²) in [5.41, 5.74) is 0.758. The van der Waals surface area contributed by atoms with E-state index >= 15 is 0 Å². The van der Waals surface area contributed by atoms with Crippen molar-refractivity contribution in [3.63, 3.8) is 0 Å². The Balaban J connectivity index is 1.97. The van der Waals surface area contributed by atoms with Crippen LogP contribution >= 0.6 is 0 Å². The smallest absolute Gasteiger partial charge is 0.253 e. The average Bonchev–Trinajstić information content (AvgIpc) is 2.39. The molecule has 0 spiro atoms. The Hall–Kier alpha value is -1.39. The van der Waals surface area contributed by atoms with Gasteiger partial charge in [0.25, 0.3) is 5.91 Å². The van der Waals surface area contributed by atoms with E-state index in [1.165, 1.54) is 0 Å². The molecule has 0 atom stereocenters. The van der Waals surface area contributed by atoms with Crippen LogP contribution in [0.3, 0.4) is 0 Å². The molecule has 2 rings (SSSR count). The fourth-order valence-corrected chi connectivity index (χ4v) is 1.84. The summed E-state index contributed by atoms with van der Waals surface area (Å²) in [4.78, 5) is 19.0. The van der Waals surface area contributed by atoms with Gasteiger partial charge in [0.1, 0.15) is 0 Å². The number of hydrogen-bond acceptors (Lipinski definition) is 3. The molecule has 0 unspecified atom stereocenters. The molecule has 4 heteroatoms. The van der Waals surface area contributed by atoms with E-state index in [0.29, 0.717) is 0 Å². The molecule has 0 aromatic heterocycles. The largest absolute Gasteiger partial charge is 0.336 e. The molecule has 1 amide bonds. The highest BCUT2D eigenvalue weighted by molar-refractivity contribution is 5.94. The van der Waals surface area contributed by atoms with Gasteiger partial charge in [0, 0.05) is 31.7 Å². The van der Waals surface area contributed by atoms with Crippen LogP contribution in [0.15, 0.2) is 30.3 Å². The number of carbonyl (C=O) groups is 1. The summed E-state index contributed by atoms with van der Waals surface area (Å²) in [6, 6.07) is 9.40. The fourth-order valence-electron chi connectivity index (χ4n) is 1.84. The lowest BCUT2D eigenvalue weighted by Gasteiger charge is -2.33. The van der Waals surface area contributed by atoms with Crippen LogP contribution in [0, 0.1) is 0 Å². The number of piperazine rings is 1. The summed E-state index contributed by atoms with van der Waals surface area (Å²) in [6.07, 6.45) is 0. The number of hydrogen-bond donors (Lipinski definition) is 0. The third-order valence-corrected chi connectivity index (χ3v) is 2.80. The molecule has 1 heterocycles. The van der Waals surface area contributed by atoms with Crippen molar-refractivity contribution < 1.29 is 9.63 Å². The van der Waals surface area contributed by atoms with Crippen LogP contribution in [0.2, 0.25) is 0 Å². The van der Waals surface area contributed by atoms with Crippen LogP contribution < -0.4 is 0 Å². The summed E-state index contributed by atoms with van der Waals surface area (Å²) in [5.74, 6) is 0.108. The van der Waals surface area contributed by atoms with E-state index in [1.54, 1.807) is 7.11 Å². The van der Waals surface area contributed by atoms with Gasteiger partial charge < -0.3 is 9.74 Å². The maximum Gasteiger partial charge on any atom is 0.253 e. The number of benzene rings is 1. The van der Waals surface area contributed by atoms with Gasteiger partial charge in [-0.05, 0) is 12.1 Å². The highest BCUT2D eigenvalue weighted by atomic mass is 16.7. The third-order valence-electron chi connectivity index (χ3n) is 2.80. The van der Waals surface area contributed by atoms with E-state index in [0.717, 1.165) is 31.7 Å². The molecule has 0 saturated carbocycles. The van der Waals surface area contributed by atoms with E-state index in [1.807, 2.05) is 40.3 Å². The molecule has 1 fully saturated rings. The zero-order chi connectivity index (χ0) is 11.4. The summed E-state index contributed by atoms with van der Waals surface area (Å²) in [6.45, 7) is 2.99. The fraction of sp³-hybridized carbons (Fsp3) is 0.417. The van der Waals surface area contributed by atoms with Crippen LogP contribution in [0.1, 0.15) is 10.4 Å². The van der Waals surface area contributed by atoms with Crippen molar-refractivity contribution in [2.75, 3.05) is 33.3 Å².